The summed E-state index contributed by atoms with van der Waals surface area (Å²) in [4.78, 5) is 4.87. The second kappa shape index (κ2) is 6.10. The van der Waals surface area contributed by atoms with Gasteiger partial charge < -0.3 is 15.1 Å². The Bertz CT molecular complexity index is 378. The molecule has 1 aromatic carbocycles. The largest absolute Gasteiger partial charge is 0.371 e. The average Bonchev–Trinajstić information content (AvgIpc) is 2.41. The molecule has 1 N–H and O–H groups in total. The van der Waals surface area contributed by atoms with E-state index >= 15 is 0 Å². The SMILES string of the molecule is CCCC(CN1CCN(C)c2ccccc21)NC. The van der Waals surface area contributed by atoms with Gasteiger partial charge in [-0.05, 0) is 25.6 Å². The van der Waals surface area contributed by atoms with Crippen LogP contribution >= 0.6 is 0 Å². The summed E-state index contributed by atoms with van der Waals surface area (Å²) in [6, 6.07) is 9.31. The van der Waals surface area contributed by atoms with E-state index < -0.39 is 0 Å². The van der Waals surface area contributed by atoms with Crippen LogP contribution in [0.5, 0.6) is 0 Å². The molecule has 3 heteroatoms. The van der Waals surface area contributed by atoms with Crippen molar-refractivity contribution in [2.75, 3.05) is 43.5 Å². The second-order valence-electron chi connectivity index (χ2n) is 5.13. The van der Waals surface area contributed by atoms with Crippen LogP contribution in [-0.2, 0) is 0 Å². The number of nitrogens with zero attached hydrogens (tertiary/aromatic N) is 2. The zero-order valence-corrected chi connectivity index (χ0v) is 11.8. The fourth-order valence-electron chi connectivity index (χ4n) is 2.70. The highest BCUT2D eigenvalue weighted by Gasteiger charge is 2.21. The van der Waals surface area contributed by atoms with Crippen molar-refractivity contribution in [1.29, 1.82) is 0 Å². The van der Waals surface area contributed by atoms with Crippen molar-refractivity contribution in [3.8, 4) is 0 Å². The molecule has 1 unspecified atom stereocenters. The summed E-state index contributed by atoms with van der Waals surface area (Å²) in [6.45, 7) is 5.59. The van der Waals surface area contributed by atoms with Gasteiger partial charge in [0.25, 0.3) is 0 Å². The van der Waals surface area contributed by atoms with Gasteiger partial charge in [-0.3, -0.25) is 0 Å². The second-order valence-corrected chi connectivity index (χ2v) is 5.13. The van der Waals surface area contributed by atoms with Crippen molar-refractivity contribution >= 4 is 11.4 Å². The van der Waals surface area contributed by atoms with Crippen molar-refractivity contribution in [3.05, 3.63) is 24.3 Å². The molecule has 0 radical (unpaired) electrons. The maximum atomic E-state index is 3.44. The molecule has 0 spiro atoms. The third kappa shape index (κ3) is 2.78. The van der Waals surface area contributed by atoms with E-state index in [0.717, 1.165) is 19.6 Å². The Morgan fingerprint density at radius 2 is 1.94 bits per heavy atom. The molecule has 0 bridgehead atoms. The highest BCUT2D eigenvalue weighted by Crippen LogP contribution is 2.31. The van der Waals surface area contributed by atoms with Crippen LogP contribution in [0.2, 0.25) is 0 Å². The van der Waals surface area contributed by atoms with E-state index in [2.05, 4.69) is 60.4 Å². The standard InChI is InChI=1S/C15H25N3/c1-4-7-13(16-2)12-18-11-10-17(3)14-8-5-6-9-15(14)18/h5-6,8-9,13,16H,4,7,10-12H2,1-3H3. The van der Waals surface area contributed by atoms with Gasteiger partial charge in [-0.2, -0.15) is 0 Å². The summed E-state index contributed by atoms with van der Waals surface area (Å²) in [5.74, 6) is 0. The summed E-state index contributed by atoms with van der Waals surface area (Å²) in [6.07, 6.45) is 2.48. The van der Waals surface area contributed by atoms with Crippen molar-refractivity contribution in [3.63, 3.8) is 0 Å². The van der Waals surface area contributed by atoms with Gasteiger partial charge in [0, 0.05) is 32.7 Å². The molecule has 1 atom stereocenters. The molecule has 0 aromatic heterocycles. The maximum Gasteiger partial charge on any atom is 0.0605 e. The zero-order chi connectivity index (χ0) is 13.0. The summed E-state index contributed by atoms with van der Waals surface area (Å²) in [5, 5.41) is 3.44. The lowest BCUT2D eigenvalue weighted by Gasteiger charge is -2.38. The first-order chi connectivity index (χ1) is 8.76. The maximum absolute atomic E-state index is 3.44. The van der Waals surface area contributed by atoms with E-state index in [0.29, 0.717) is 6.04 Å². The molecule has 2 rings (SSSR count). The van der Waals surface area contributed by atoms with E-state index in [9.17, 15) is 0 Å². The Labute approximate surface area is 111 Å². The van der Waals surface area contributed by atoms with E-state index in [1.807, 2.05) is 0 Å². The van der Waals surface area contributed by atoms with Crippen LogP contribution in [0.3, 0.4) is 0 Å². The molecule has 1 aromatic rings. The zero-order valence-electron chi connectivity index (χ0n) is 11.8. The predicted octanol–water partition coefficient (Wildman–Crippen LogP) is 2.33. The number of hydrogen-bond acceptors (Lipinski definition) is 3. The molecule has 1 aliphatic rings. The molecule has 0 saturated heterocycles. The van der Waals surface area contributed by atoms with Gasteiger partial charge in [-0.25, -0.2) is 0 Å². The highest BCUT2D eigenvalue weighted by atomic mass is 15.3. The Morgan fingerprint density at radius 1 is 1.22 bits per heavy atom. The summed E-state index contributed by atoms with van der Waals surface area (Å²) < 4.78 is 0. The number of hydrogen-bond donors (Lipinski definition) is 1. The highest BCUT2D eigenvalue weighted by molar-refractivity contribution is 5.73. The van der Waals surface area contributed by atoms with Gasteiger partial charge in [0.05, 0.1) is 11.4 Å². The van der Waals surface area contributed by atoms with Crippen LogP contribution in [0.4, 0.5) is 11.4 Å². The van der Waals surface area contributed by atoms with E-state index in [1.165, 1.54) is 24.2 Å². The van der Waals surface area contributed by atoms with Crippen molar-refractivity contribution in [2.24, 2.45) is 0 Å². The Morgan fingerprint density at radius 3 is 2.61 bits per heavy atom. The average molecular weight is 247 g/mol. The molecule has 0 saturated carbocycles. The quantitative estimate of drug-likeness (QED) is 0.861. The number of para-hydroxylation sites is 2. The fourth-order valence-corrected chi connectivity index (χ4v) is 2.70. The minimum absolute atomic E-state index is 0.589. The minimum atomic E-state index is 0.589. The third-order valence-corrected chi connectivity index (χ3v) is 3.83. The molecule has 3 nitrogen and oxygen atoms in total. The van der Waals surface area contributed by atoms with Crippen LogP contribution in [0.15, 0.2) is 24.3 Å². The van der Waals surface area contributed by atoms with Crippen LogP contribution in [0.25, 0.3) is 0 Å². The lowest BCUT2D eigenvalue weighted by molar-refractivity contribution is 0.503. The normalized spacial score (nSPS) is 16.6. The molecular formula is C15H25N3. The van der Waals surface area contributed by atoms with Gasteiger partial charge in [-0.1, -0.05) is 25.5 Å². The first kappa shape index (κ1) is 13.2. The summed E-state index contributed by atoms with van der Waals surface area (Å²) in [5.41, 5.74) is 2.73. The molecule has 0 aliphatic carbocycles. The van der Waals surface area contributed by atoms with Crippen molar-refractivity contribution in [2.45, 2.75) is 25.8 Å². The van der Waals surface area contributed by atoms with Gasteiger partial charge in [-0.15, -0.1) is 0 Å². The Balaban J connectivity index is 2.13. The molecule has 0 fully saturated rings. The molecule has 1 aliphatic heterocycles. The van der Waals surface area contributed by atoms with E-state index in [4.69, 9.17) is 0 Å². The number of fused-ring (bicyclic) bond motifs is 1. The monoisotopic (exact) mass is 247 g/mol. The number of likely N-dealkylation sites (N-methyl/N-ethyl adjacent to an activating group) is 2. The van der Waals surface area contributed by atoms with E-state index in [-0.39, 0.29) is 0 Å². The number of anilines is 2. The summed E-state index contributed by atoms with van der Waals surface area (Å²) in [7, 11) is 4.25. The first-order valence-corrected chi connectivity index (χ1v) is 6.98. The van der Waals surface area contributed by atoms with Crippen LogP contribution in [0, 0.1) is 0 Å². The molecule has 18 heavy (non-hydrogen) atoms. The van der Waals surface area contributed by atoms with Crippen molar-refractivity contribution in [1.82, 2.24) is 5.32 Å². The smallest absolute Gasteiger partial charge is 0.0605 e. The number of rotatable bonds is 5. The van der Waals surface area contributed by atoms with Gasteiger partial charge >= 0.3 is 0 Å². The minimum Gasteiger partial charge on any atom is -0.371 e. The first-order valence-electron chi connectivity index (χ1n) is 6.98. The number of benzene rings is 1. The van der Waals surface area contributed by atoms with Gasteiger partial charge in [0.2, 0.25) is 0 Å². The topological polar surface area (TPSA) is 18.5 Å². The van der Waals surface area contributed by atoms with Crippen molar-refractivity contribution < 1.29 is 0 Å². The lowest BCUT2D eigenvalue weighted by Crippen LogP contribution is -2.45. The van der Waals surface area contributed by atoms with E-state index in [1.54, 1.807) is 0 Å². The van der Waals surface area contributed by atoms with Gasteiger partial charge in [0.1, 0.15) is 0 Å². The predicted molar refractivity (Wildman–Crippen MR) is 79.7 cm³/mol. The molecule has 100 valence electrons. The molecule has 0 amide bonds. The Hall–Kier alpha value is -1.22. The summed E-state index contributed by atoms with van der Waals surface area (Å²) >= 11 is 0. The van der Waals surface area contributed by atoms with Crippen LogP contribution in [-0.4, -0.2) is 39.8 Å². The lowest BCUT2D eigenvalue weighted by atomic mass is 10.1. The van der Waals surface area contributed by atoms with Crippen LogP contribution in [0.1, 0.15) is 19.8 Å². The van der Waals surface area contributed by atoms with Gasteiger partial charge in [0.15, 0.2) is 0 Å². The number of nitrogens with one attached hydrogen (secondary N) is 1. The fraction of sp³-hybridized carbons (Fsp3) is 0.600. The van der Waals surface area contributed by atoms with Crippen LogP contribution < -0.4 is 15.1 Å². The molecule has 1 heterocycles. The molecular weight excluding hydrogens is 222 g/mol. The Kier molecular flexibility index (Phi) is 4.48. The third-order valence-electron chi connectivity index (χ3n) is 3.83.